The lowest BCUT2D eigenvalue weighted by atomic mass is 9.81. The molecule has 4 N–H and O–H groups in total. The van der Waals surface area contributed by atoms with Crippen LogP contribution in [0.4, 0.5) is 0 Å². The molecule has 2 fully saturated rings. The van der Waals surface area contributed by atoms with Crippen molar-refractivity contribution in [3.8, 4) is 0 Å². The quantitative estimate of drug-likeness (QED) is 0.311. The maximum atomic E-state index is 11.7. The van der Waals surface area contributed by atoms with Gasteiger partial charge in [-0.15, -0.1) is 0 Å². The molecule has 28 heavy (non-hydrogen) atoms. The molecule has 1 saturated carbocycles. The topological polar surface area (TPSA) is 169 Å². The molecule has 0 radical (unpaired) electrons. The number of hydrogen-bond acceptors (Lipinski definition) is 7. The number of phosphoric ester groups is 1. The Hall–Kier alpha value is 0.370. The minimum atomic E-state index is -5.49. The molecule has 11 nitrogen and oxygen atoms in total. The third kappa shape index (κ3) is 9.02. The predicted octanol–water partition coefficient (Wildman–Crippen LogP) is 3.48. The lowest BCUT2D eigenvalue weighted by Crippen LogP contribution is -2.22. The number of phosphoric acid groups is 3. The van der Waals surface area contributed by atoms with Crippen LogP contribution < -0.4 is 0 Å². The molecular formula is C14H29O11P3. The fourth-order valence-electron chi connectivity index (χ4n) is 3.45. The van der Waals surface area contributed by atoms with Gasteiger partial charge < -0.3 is 24.3 Å². The van der Waals surface area contributed by atoms with E-state index in [1.807, 2.05) is 0 Å². The van der Waals surface area contributed by atoms with Crippen molar-refractivity contribution < 1.29 is 51.2 Å². The average Bonchev–Trinajstić information content (AvgIpc) is 2.93. The zero-order chi connectivity index (χ0) is 21.0. The third-order valence-corrected chi connectivity index (χ3v) is 8.91. The first-order chi connectivity index (χ1) is 12.9. The van der Waals surface area contributed by atoms with E-state index in [2.05, 4.69) is 20.1 Å². The second kappa shape index (κ2) is 10.1. The minimum Gasteiger partial charge on any atom is -0.372 e. The summed E-state index contributed by atoms with van der Waals surface area (Å²) in [6.45, 7) is 1.74. The highest BCUT2D eigenvalue weighted by atomic mass is 31.3. The minimum absolute atomic E-state index is 0.0101. The zero-order valence-corrected chi connectivity index (χ0v) is 18.3. The summed E-state index contributed by atoms with van der Waals surface area (Å²) in [5.41, 5.74) is 0. The maximum absolute atomic E-state index is 11.7. The SMILES string of the molecule is CC(CCCC1CCC1)[C@H]1CC[C@@H](COP(=O)(O)OP(=O)(O)OP(=O)(O)O)O1. The van der Waals surface area contributed by atoms with Gasteiger partial charge in [0, 0.05) is 0 Å². The maximum Gasteiger partial charge on any atom is 0.490 e. The molecule has 0 spiro atoms. The van der Waals surface area contributed by atoms with Crippen molar-refractivity contribution in [1.82, 2.24) is 0 Å². The molecule has 2 aliphatic rings. The molecule has 2 rings (SSSR count). The molecule has 1 aliphatic heterocycles. The summed E-state index contributed by atoms with van der Waals surface area (Å²) in [4.78, 5) is 35.6. The van der Waals surface area contributed by atoms with E-state index in [1.54, 1.807) is 0 Å². The Balaban J connectivity index is 1.70. The van der Waals surface area contributed by atoms with Crippen LogP contribution >= 0.6 is 23.5 Å². The molecule has 1 aliphatic carbocycles. The van der Waals surface area contributed by atoms with Crippen molar-refractivity contribution in [3.63, 3.8) is 0 Å². The molecule has 0 aromatic heterocycles. The summed E-state index contributed by atoms with van der Waals surface area (Å²) in [5.74, 6) is 1.21. The Kier molecular flexibility index (Phi) is 8.90. The second-order valence-corrected chi connectivity index (χ2v) is 11.9. The van der Waals surface area contributed by atoms with E-state index in [-0.39, 0.29) is 12.7 Å². The van der Waals surface area contributed by atoms with Crippen LogP contribution in [0.2, 0.25) is 0 Å². The van der Waals surface area contributed by atoms with Crippen molar-refractivity contribution in [3.05, 3.63) is 0 Å². The van der Waals surface area contributed by atoms with E-state index in [1.165, 1.54) is 25.7 Å². The molecule has 3 unspecified atom stereocenters. The van der Waals surface area contributed by atoms with Gasteiger partial charge in [0.1, 0.15) is 0 Å². The summed E-state index contributed by atoms with van der Waals surface area (Å²) in [5, 5.41) is 0. The van der Waals surface area contributed by atoms with Gasteiger partial charge in [0.15, 0.2) is 0 Å². The summed E-state index contributed by atoms with van der Waals surface area (Å²) in [7, 11) is -16.0. The summed E-state index contributed by atoms with van der Waals surface area (Å²) in [6.07, 6.45) is 8.33. The Morgan fingerprint density at radius 2 is 1.68 bits per heavy atom. The van der Waals surface area contributed by atoms with E-state index >= 15 is 0 Å². The lowest BCUT2D eigenvalue weighted by Gasteiger charge is -2.26. The molecule has 1 heterocycles. The predicted molar refractivity (Wildman–Crippen MR) is 98.1 cm³/mol. The Morgan fingerprint density at radius 3 is 2.25 bits per heavy atom. The molecule has 0 bridgehead atoms. The van der Waals surface area contributed by atoms with Crippen LogP contribution in [0.15, 0.2) is 0 Å². The smallest absolute Gasteiger partial charge is 0.372 e. The fraction of sp³-hybridized carbons (Fsp3) is 1.00. The van der Waals surface area contributed by atoms with Gasteiger partial charge in [-0.1, -0.05) is 39.0 Å². The molecule has 1 saturated heterocycles. The second-order valence-electron chi connectivity index (χ2n) is 7.47. The van der Waals surface area contributed by atoms with E-state index < -0.39 is 29.6 Å². The van der Waals surface area contributed by atoms with Gasteiger partial charge >= 0.3 is 23.5 Å². The summed E-state index contributed by atoms with van der Waals surface area (Å²) < 4.78 is 51.4. The highest BCUT2D eigenvalue weighted by Crippen LogP contribution is 2.66. The first-order valence-electron chi connectivity index (χ1n) is 9.29. The van der Waals surface area contributed by atoms with Gasteiger partial charge in [-0.2, -0.15) is 8.62 Å². The Morgan fingerprint density at radius 1 is 1.00 bits per heavy atom. The van der Waals surface area contributed by atoms with Crippen molar-refractivity contribution >= 4 is 23.5 Å². The monoisotopic (exact) mass is 466 g/mol. The Bertz CT molecular complexity index is 646. The van der Waals surface area contributed by atoms with Gasteiger partial charge in [0.2, 0.25) is 0 Å². The highest BCUT2D eigenvalue weighted by molar-refractivity contribution is 7.66. The number of hydrogen-bond donors (Lipinski definition) is 4. The molecule has 5 atom stereocenters. The lowest BCUT2D eigenvalue weighted by molar-refractivity contribution is -0.0130. The van der Waals surface area contributed by atoms with Crippen LogP contribution in [0.5, 0.6) is 0 Å². The molecule has 166 valence electrons. The first kappa shape index (κ1) is 24.6. The van der Waals surface area contributed by atoms with Crippen molar-refractivity contribution in [1.29, 1.82) is 0 Å². The fourth-order valence-corrected chi connectivity index (χ4v) is 6.50. The van der Waals surface area contributed by atoms with E-state index in [0.29, 0.717) is 12.3 Å². The number of ether oxygens (including phenoxy) is 1. The van der Waals surface area contributed by atoms with E-state index in [4.69, 9.17) is 19.4 Å². The standard InChI is InChI=1S/C14H29O11P3/c1-11(4-2-5-12-6-3-7-12)14-9-8-13(23-14)10-22-27(18,19)25-28(20,21)24-26(15,16)17/h11-14H,2-10H2,1H3,(H,18,19)(H,20,21)(H2,15,16,17)/t11?,13-,14+/m0/s1. The van der Waals surface area contributed by atoms with Crippen molar-refractivity contribution in [2.45, 2.75) is 70.5 Å². The zero-order valence-electron chi connectivity index (χ0n) is 15.7. The van der Waals surface area contributed by atoms with Crippen LogP contribution in [0.3, 0.4) is 0 Å². The number of rotatable bonds is 12. The average molecular weight is 466 g/mol. The Labute approximate surface area is 164 Å². The van der Waals surface area contributed by atoms with Gasteiger partial charge in [-0.25, -0.2) is 13.7 Å². The summed E-state index contributed by atoms with van der Waals surface area (Å²) >= 11 is 0. The third-order valence-electron chi connectivity index (χ3n) is 5.11. The van der Waals surface area contributed by atoms with Gasteiger partial charge in [0.25, 0.3) is 0 Å². The normalized spacial score (nSPS) is 29.0. The molecule has 0 amide bonds. The molecular weight excluding hydrogens is 437 g/mol. The van der Waals surface area contributed by atoms with E-state index in [0.717, 1.165) is 25.2 Å². The highest BCUT2D eigenvalue weighted by Gasteiger charge is 2.41. The molecule has 14 heteroatoms. The van der Waals surface area contributed by atoms with Crippen molar-refractivity contribution in [2.75, 3.05) is 6.61 Å². The largest absolute Gasteiger partial charge is 0.490 e. The summed E-state index contributed by atoms with van der Waals surface area (Å²) in [6, 6.07) is 0. The van der Waals surface area contributed by atoms with Crippen LogP contribution in [-0.4, -0.2) is 38.4 Å². The molecule has 0 aromatic carbocycles. The van der Waals surface area contributed by atoms with Gasteiger partial charge in [0.05, 0.1) is 18.8 Å². The van der Waals surface area contributed by atoms with E-state index in [9.17, 15) is 18.6 Å². The van der Waals surface area contributed by atoms with Crippen LogP contribution in [-0.2, 0) is 31.6 Å². The van der Waals surface area contributed by atoms with Gasteiger partial charge in [-0.05, 0) is 31.1 Å². The van der Waals surface area contributed by atoms with Crippen LogP contribution in [0.1, 0.15) is 58.3 Å². The first-order valence-corrected chi connectivity index (χ1v) is 13.8. The molecule has 0 aromatic rings. The van der Waals surface area contributed by atoms with Crippen LogP contribution in [0, 0.1) is 11.8 Å². The van der Waals surface area contributed by atoms with Gasteiger partial charge in [-0.3, -0.25) is 4.52 Å². The van der Waals surface area contributed by atoms with Crippen LogP contribution in [0.25, 0.3) is 0 Å². The van der Waals surface area contributed by atoms with Crippen molar-refractivity contribution in [2.24, 2.45) is 11.8 Å².